The van der Waals surface area contributed by atoms with Crippen molar-refractivity contribution in [2.75, 3.05) is 0 Å². The summed E-state index contributed by atoms with van der Waals surface area (Å²) in [4.78, 5) is 14.5. The molecule has 0 N–H and O–H groups in total. The Morgan fingerprint density at radius 1 is 1.12 bits per heavy atom. The summed E-state index contributed by atoms with van der Waals surface area (Å²) in [6.07, 6.45) is 2.12. The molecule has 8 nitrogen and oxygen atoms in total. The maximum atomic E-state index is 13.2. The van der Waals surface area contributed by atoms with Crippen molar-refractivity contribution in [2.45, 2.75) is 25.9 Å². The number of amides is 1. The minimum absolute atomic E-state index is 0.0898. The molecule has 2 aromatic carbocycles. The quantitative estimate of drug-likeness (QED) is 0.456. The van der Waals surface area contributed by atoms with Crippen molar-refractivity contribution in [3.05, 3.63) is 88.8 Å². The van der Waals surface area contributed by atoms with Crippen molar-refractivity contribution in [1.29, 1.82) is 0 Å². The number of tetrazole rings is 1. The molecule has 0 saturated heterocycles. The van der Waals surface area contributed by atoms with E-state index >= 15 is 0 Å². The first-order valence-electron chi connectivity index (χ1n) is 10.1. The number of hydrogen-bond acceptors (Lipinski definition) is 6. The van der Waals surface area contributed by atoms with E-state index in [1.165, 1.54) is 9.81 Å². The first-order chi connectivity index (χ1) is 15.6. The van der Waals surface area contributed by atoms with Gasteiger partial charge in [0.15, 0.2) is 0 Å². The van der Waals surface area contributed by atoms with Gasteiger partial charge in [0.05, 0.1) is 12.0 Å². The highest BCUT2D eigenvalue weighted by Gasteiger charge is 2.35. The predicted molar refractivity (Wildman–Crippen MR) is 119 cm³/mol. The van der Waals surface area contributed by atoms with Crippen molar-refractivity contribution in [2.24, 2.45) is 5.10 Å². The summed E-state index contributed by atoms with van der Waals surface area (Å²) in [5.41, 5.74) is 3.60. The Morgan fingerprint density at radius 2 is 1.94 bits per heavy atom. The lowest BCUT2D eigenvalue weighted by molar-refractivity contribution is -0.134. The lowest BCUT2D eigenvalue weighted by atomic mass is 10.0. The highest BCUT2D eigenvalue weighted by Crippen LogP contribution is 2.33. The molecule has 32 heavy (non-hydrogen) atoms. The number of benzene rings is 2. The zero-order chi connectivity index (χ0) is 22.1. The van der Waals surface area contributed by atoms with Gasteiger partial charge >= 0.3 is 0 Å². The normalized spacial score (nSPS) is 15.8. The first-order valence-corrected chi connectivity index (χ1v) is 10.5. The SMILES string of the molecule is Cc1ccccc1-c1nnn(CC(=O)N2N=C(c3ccc(Cl)cc3)CC2c2ccco2)n1. The second-order valence-corrected chi connectivity index (χ2v) is 7.92. The molecule has 9 heteroatoms. The summed E-state index contributed by atoms with van der Waals surface area (Å²) < 4.78 is 5.59. The average Bonchev–Trinajstić information content (AvgIpc) is 3.55. The second-order valence-electron chi connectivity index (χ2n) is 7.49. The van der Waals surface area contributed by atoms with E-state index in [-0.39, 0.29) is 18.5 Å². The second kappa shape index (κ2) is 8.39. The summed E-state index contributed by atoms with van der Waals surface area (Å²) in [7, 11) is 0. The van der Waals surface area contributed by atoms with Crippen LogP contribution in [0.5, 0.6) is 0 Å². The van der Waals surface area contributed by atoms with E-state index in [0.717, 1.165) is 22.4 Å². The number of carbonyl (C=O) groups excluding carboxylic acids is 1. The van der Waals surface area contributed by atoms with Gasteiger partial charge in [-0.05, 0) is 47.5 Å². The molecule has 1 atom stereocenters. The fourth-order valence-electron chi connectivity index (χ4n) is 3.69. The van der Waals surface area contributed by atoms with Crippen LogP contribution in [-0.2, 0) is 11.3 Å². The molecule has 1 amide bonds. The molecule has 0 aliphatic carbocycles. The molecular weight excluding hydrogens is 428 g/mol. The van der Waals surface area contributed by atoms with Crippen LogP contribution in [0, 0.1) is 6.92 Å². The molecule has 0 radical (unpaired) electrons. The lowest BCUT2D eigenvalue weighted by Gasteiger charge is -2.19. The van der Waals surface area contributed by atoms with Gasteiger partial charge in [-0.25, -0.2) is 5.01 Å². The van der Waals surface area contributed by atoms with Crippen molar-refractivity contribution < 1.29 is 9.21 Å². The number of hydrazone groups is 1. The van der Waals surface area contributed by atoms with Crippen molar-refractivity contribution >= 4 is 23.2 Å². The summed E-state index contributed by atoms with van der Waals surface area (Å²) in [6.45, 7) is 1.89. The topological polar surface area (TPSA) is 89.4 Å². The van der Waals surface area contributed by atoms with E-state index < -0.39 is 0 Å². The third-order valence-corrected chi connectivity index (χ3v) is 5.58. The molecular formula is C23H19ClN6O2. The van der Waals surface area contributed by atoms with E-state index in [0.29, 0.717) is 23.0 Å². The van der Waals surface area contributed by atoms with Gasteiger partial charge in [0, 0.05) is 17.0 Å². The summed E-state index contributed by atoms with van der Waals surface area (Å²) in [6, 6.07) is 18.5. The number of hydrogen-bond donors (Lipinski definition) is 0. The Bertz CT molecular complexity index is 1280. The van der Waals surface area contributed by atoms with Crippen LogP contribution < -0.4 is 0 Å². The monoisotopic (exact) mass is 446 g/mol. The fourth-order valence-corrected chi connectivity index (χ4v) is 3.82. The highest BCUT2D eigenvalue weighted by atomic mass is 35.5. The van der Waals surface area contributed by atoms with Gasteiger partial charge in [-0.15, -0.1) is 10.2 Å². The number of nitrogens with zero attached hydrogens (tertiary/aromatic N) is 6. The van der Waals surface area contributed by atoms with E-state index in [1.807, 2.05) is 49.4 Å². The molecule has 4 aromatic rings. The van der Waals surface area contributed by atoms with E-state index in [1.54, 1.807) is 24.5 Å². The fraction of sp³-hybridized carbons (Fsp3) is 0.174. The molecule has 1 aliphatic heterocycles. The Morgan fingerprint density at radius 3 is 2.69 bits per heavy atom. The van der Waals surface area contributed by atoms with Gasteiger partial charge in [-0.1, -0.05) is 48.0 Å². The van der Waals surface area contributed by atoms with Crippen LogP contribution in [0.1, 0.15) is 29.3 Å². The minimum Gasteiger partial charge on any atom is -0.467 e. The van der Waals surface area contributed by atoms with E-state index in [4.69, 9.17) is 16.0 Å². The van der Waals surface area contributed by atoms with Crippen LogP contribution in [0.4, 0.5) is 0 Å². The van der Waals surface area contributed by atoms with Crippen LogP contribution in [0.25, 0.3) is 11.4 Å². The third-order valence-electron chi connectivity index (χ3n) is 5.33. The highest BCUT2D eigenvalue weighted by molar-refractivity contribution is 6.30. The van der Waals surface area contributed by atoms with Gasteiger partial charge in [0.1, 0.15) is 18.3 Å². The van der Waals surface area contributed by atoms with Crippen molar-refractivity contribution in [3.63, 3.8) is 0 Å². The van der Waals surface area contributed by atoms with E-state index in [2.05, 4.69) is 20.5 Å². The van der Waals surface area contributed by atoms with Crippen LogP contribution >= 0.6 is 11.6 Å². The largest absolute Gasteiger partial charge is 0.467 e. The smallest absolute Gasteiger partial charge is 0.267 e. The molecule has 0 spiro atoms. The molecule has 5 rings (SSSR count). The van der Waals surface area contributed by atoms with Crippen molar-refractivity contribution in [1.82, 2.24) is 25.2 Å². The number of rotatable bonds is 5. The lowest BCUT2D eigenvalue weighted by Crippen LogP contribution is -2.31. The summed E-state index contributed by atoms with van der Waals surface area (Å²) in [5.74, 6) is 0.882. The zero-order valence-electron chi connectivity index (χ0n) is 17.2. The Hall–Kier alpha value is -3.78. The summed E-state index contributed by atoms with van der Waals surface area (Å²) >= 11 is 6.01. The average molecular weight is 447 g/mol. The standard InChI is InChI=1S/C23H19ClN6O2/c1-15-5-2-3-6-18(15)23-25-28-29(27-23)14-22(31)30-20(21-7-4-12-32-21)13-19(26-30)16-8-10-17(24)11-9-16/h2-12,20H,13-14H2,1H3. The van der Waals surface area contributed by atoms with E-state index in [9.17, 15) is 4.79 Å². The molecule has 0 fully saturated rings. The van der Waals surface area contributed by atoms with Crippen LogP contribution in [0.2, 0.25) is 5.02 Å². The van der Waals surface area contributed by atoms with Gasteiger partial charge in [0.25, 0.3) is 5.91 Å². The number of halogens is 1. The Kier molecular flexibility index (Phi) is 5.28. The maximum absolute atomic E-state index is 13.2. The van der Waals surface area contributed by atoms with Crippen LogP contribution in [-0.4, -0.2) is 36.8 Å². The molecule has 3 heterocycles. The zero-order valence-corrected chi connectivity index (χ0v) is 18.0. The maximum Gasteiger partial charge on any atom is 0.267 e. The molecule has 160 valence electrons. The Labute approximate surface area is 189 Å². The Balaban J connectivity index is 1.40. The van der Waals surface area contributed by atoms with Gasteiger partial charge in [-0.2, -0.15) is 9.90 Å². The first kappa shape index (κ1) is 20.1. The van der Waals surface area contributed by atoms with Gasteiger partial charge in [0.2, 0.25) is 5.82 Å². The van der Waals surface area contributed by atoms with Crippen LogP contribution in [0.15, 0.2) is 76.4 Å². The number of aryl methyl sites for hydroxylation is 1. The predicted octanol–water partition coefficient (Wildman–Crippen LogP) is 4.27. The molecule has 0 saturated carbocycles. The molecule has 2 aromatic heterocycles. The van der Waals surface area contributed by atoms with Crippen LogP contribution in [0.3, 0.4) is 0 Å². The number of carbonyl (C=O) groups is 1. The number of aromatic nitrogens is 4. The molecule has 1 aliphatic rings. The minimum atomic E-state index is -0.345. The number of furan rings is 1. The van der Waals surface area contributed by atoms with Gasteiger partial charge in [-0.3, -0.25) is 4.79 Å². The third kappa shape index (κ3) is 3.92. The van der Waals surface area contributed by atoms with Crippen molar-refractivity contribution in [3.8, 4) is 11.4 Å². The van der Waals surface area contributed by atoms with Gasteiger partial charge < -0.3 is 4.42 Å². The summed E-state index contributed by atoms with van der Waals surface area (Å²) in [5, 5.41) is 19.3. The molecule has 1 unspecified atom stereocenters. The molecule has 0 bridgehead atoms.